The minimum atomic E-state index is -4.40. The van der Waals surface area contributed by atoms with Crippen LogP contribution in [-0.4, -0.2) is 59.6 Å². The van der Waals surface area contributed by atoms with Gasteiger partial charge in [-0.3, -0.25) is 9.69 Å². The average molecular weight is 344 g/mol. The maximum atomic E-state index is 12.7. The van der Waals surface area contributed by atoms with Gasteiger partial charge in [0.2, 0.25) is 5.91 Å². The second-order valence-corrected chi connectivity index (χ2v) is 6.04. The molecule has 1 heterocycles. The van der Waals surface area contributed by atoms with Crippen LogP contribution in [0.25, 0.3) is 0 Å². The van der Waals surface area contributed by atoms with Gasteiger partial charge in [0.1, 0.15) is 0 Å². The molecule has 4 nitrogen and oxygen atoms in total. The zero-order valence-corrected chi connectivity index (χ0v) is 13.7. The van der Waals surface area contributed by atoms with Crippen molar-refractivity contribution in [1.29, 1.82) is 0 Å². The first-order valence-corrected chi connectivity index (χ1v) is 8.14. The van der Waals surface area contributed by atoms with Crippen molar-refractivity contribution in [2.75, 3.05) is 32.8 Å². The van der Waals surface area contributed by atoms with Crippen LogP contribution in [0.4, 0.5) is 13.2 Å². The van der Waals surface area contributed by atoms with Gasteiger partial charge in [0.15, 0.2) is 0 Å². The van der Waals surface area contributed by atoms with E-state index in [2.05, 4.69) is 4.90 Å². The Hall–Kier alpha value is -1.60. The summed E-state index contributed by atoms with van der Waals surface area (Å²) in [7, 11) is 0. The number of halogens is 3. The summed E-state index contributed by atoms with van der Waals surface area (Å²) in [6.45, 7) is 4.52. The molecule has 1 saturated heterocycles. The van der Waals surface area contributed by atoms with E-state index in [4.69, 9.17) is 0 Å². The Morgan fingerprint density at radius 3 is 2.46 bits per heavy atom. The highest BCUT2D eigenvalue weighted by atomic mass is 19.4. The maximum Gasteiger partial charge on any atom is 0.416 e. The van der Waals surface area contributed by atoms with Crippen molar-refractivity contribution in [2.24, 2.45) is 0 Å². The molecule has 1 N–H and O–H groups in total. The van der Waals surface area contributed by atoms with Crippen LogP contribution in [0.2, 0.25) is 0 Å². The van der Waals surface area contributed by atoms with Crippen molar-refractivity contribution in [3.8, 4) is 0 Å². The Labute approximate surface area is 139 Å². The molecule has 1 amide bonds. The second-order valence-electron chi connectivity index (χ2n) is 6.04. The smallest absolute Gasteiger partial charge is 0.395 e. The van der Waals surface area contributed by atoms with E-state index in [0.717, 1.165) is 18.6 Å². The van der Waals surface area contributed by atoms with Crippen molar-refractivity contribution >= 4 is 5.91 Å². The number of hydrogen-bond donors (Lipinski definition) is 1. The zero-order chi connectivity index (χ0) is 17.7. The van der Waals surface area contributed by atoms with Crippen LogP contribution in [0, 0.1) is 0 Å². The number of hydrogen-bond acceptors (Lipinski definition) is 3. The number of rotatable bonds is 5. The van der Waals surface area contributed by atoms with Crippen LogP contribution in [0.1, 0.15) is 24.5 Å². The molecule has 2 rings (SSSR count). The van der Waals surface area contributed by atoms with Gasteiger partial charge >= 0.3 is 6.18 Å². The van der Waals surface area contributed by atoms with Gasteiger partial charge in [-0.25, -0.2) is 0 Å². The third kappa shape index (κ3) is 4.70. The molecule has 24 heavy (non-hydrogen) atoms. The number of alkyl halides is 3. The van der Waals surface area contributed by atoms with Crippen molar-refractivity contribution in [3.63, 3.8) is 0 Å². The predicted molar refractivity (Wildman–Crippen MR) is 84.5 cm³/mol. The van der Waals surface area contributed by atoms with E-state index < -0.39 is 11.7 Å². The van der Waals surface area contributed by atoms with Crippen LogP contribution < -0.4 is 0 Å². The largest absolute Gasteiger partial charge is 0.416 e. The highest BCUT2D eigenvalue weighted by Crippen LogP contribution is 2.29. The van der Waals surface area contributed by atoms with E-state index >= 15 is 0 Å². The Morgan fingerprint density at radius 2 is 1.92 bits per heavy atom. The molecule has 1 atom stereocenters. The van der Waals surface area contributed by atoms with Gasteiger partial charge in [-0.1, -0.05) is 25.1 Å². The average Bonchev–Trinajstić information content (AvgIpc) is 2.56. The van der Waals surface area contributed by atoms with Crippen LogP contribution >= 0.6 is 0 Å². The molecule has 7 heteroatoms. The fourth-order valence-corrected chi connectivity index (χ4v) is 2.98. The monoisotopic (exact) mass is 344 g/mol. The first-order chi connectivity index (χ1) is 11.3. The molecule has 1 aromatic carbocycles. The topological polar surface area (TPSA) is 43.8 Å². The Balaban J connectivity index is 1.92. The summed E-state index contributed by atoms with van der Waals surface area (Å²) in [6, 6.07) is 5.02. The molecule has 1 aliphatic heterocycles. The highest BCUT2D eigenvalue weighted by molar-refractivity contribution is 5.79. The molecule has 0 radical (unpaired) electrons. The third-order valence-electron chi connectivity index (χ3n) is 4.48. The molecule has 134 valence electrons. The van der Waals surface area contributed by atoms with E-state index in [0.29, 0.717) is 31.7 Å². The molecule has 0 bridgehead atoms. The van der Waals surface area contributed by atoms with E-state index in [1.807, 2.05) is 6.92 Å². The second kappa shape index (κ2) is 7.98. The molecule has 0 saturated carbocycles. The highest BCUT2D eigenvalue weighted by Gasteiger charge is 2.31. The van der Waals surface area contributed by atoms with E-state index in [-0.39, 0.29) is 25.0 Å². The lowest BCUT2D eigenvalue weighted by Crippen LogP contribution is -2.53. The Bertz CT molecular complexity index is 551. The lowest BCUT2D eigenvalue weighted by molar-refractivity contribution is -0.138. The molecule has 1 unspecified atom stereocenters. The van der Waals surface area contributed by atoms with Crippen molar-refractivity contribution in [1.82, 2.24) is 9.80 Å². The number of aliphatic hydroxyl groups is 1. The van der Waals surface area contributed by atoms with Crippen molar-refractivity contribution < 1.29 is 23.1 Å². The van der Waals surface area contributed by atoms with E-state index in [1.54, 1.807) is 11.0 Å². The van der Waals surface area contributed by atoms with Gasteiger partial charge in [0, 0.05) is 32.2 Å². The van der Waals surface area contributed by atoms with E-state index in [1.165, 1.54) is 6.07 Å². The fourth-order valence-electron chi connectivity index (χ4n) is 2.98. The minimum Gasteiger partial charge on any atom is -0.395 e. The number of piperazine rings is 1. The van der Waals surface area contributed by atoms with Gasteiger partial charge in [-0.05, 0) is 18.1 Å². The van der Waals surface area contributed by atoms with Crippen LogP contribution in [0.3, 0.4) is 0 Å². The number of benzene rings is 1. The molecule has 0 aliphatic carbocycles. The molecule has 0 aromatic heterocycles. The maximum absolute atomic E-state index is 12.7. The number of aliphatic hydroxyl groups excluding tert-OH is 1. The Kier molecular flexibility index (Phi) is 6.23. The molecular weight excluding hydrogens is 321 g/mol. The lowest BCUT2D eigenvalue weighted by Gasteiger charge is -2.38. The summed E-state index contributed by atoms with van der Waals surface area (Å²) in [5, 5.41) is 9.33. The van der Waals surface area contributed by atoms with Gasteiger partial charge in [0.25, 0.3) is 0 Å². The SMILES string of the molecule is CCC(CO)N1CCN(C(=O)Cc2cccc(C(F)(F)F)c2)CC1. The van der Waals surface area contributed by atoms with Gasteiger partial charge < -0.3 is 10.0 Å². The molecule has 1 fully saturated rings. The van der Waals surface area contributed by atoms with Crippen molar-refractivity contribution in [3.05, 3.63) is 35.4 Å². The van der Waals surface area contributed by atoms with E-state index in [9.17, 15) is 23.1 Å². The van der Waals surface area contributed by atoms with Gasteiger partial charge in [-0.15, -0.1) is 0 Å². The molecule has 1 aromatic rings. The number of amides is 1. The third-order valence-corrected chi connectivity index (χ3v) is 4.48. The summed E-state index contributed by atoms with van der Waals surface area (Å²) < 4.78 is 38.2. The minimum absolute atomic E-state index is 0.0267. The van der Waals surface area contributed by atoms with Crippen molar-refractivity contribution in [2.45, 2.75) is 32.0 Å². The summed E-state index contributed by atoms with van der Waals surface area (Å²) in [5.74, 6) is -0.161. The summed E-state index contributed by atoms with van der Waals surface area (Å²) >= 11 is 0. The quantitative estimate of drug-likeness (QED) is 0.890. The number of carbonyl (C=O) groups excluding carboxylic acids is 1. The van der Waals surface area contributed by atoms with Gasteiger partial charge in [-0.2, -0.15) is 13.2 Å². The fraction of sp³-hybridized carbons (Fsp3) is 0.588. The number of carbonyl (C=O) groups is 1. The molecule has 0 spiro atoms. The van der Waals surface area contributed by atoms with Crippen LogP contribution in [0.15, 0.2) is 24.3 Å². The summed E-state index contributed by atoms with van der Waals surface area (Å²) in [5.41, 5.74) is -0.356. The lowest BCUT2D eigenvalue weighted by atomic mass is 10.1. The molecular formula is C17H23F3N2O2. The number of nitrogens with zero attached hydrogens (tertiary/aromatic N) is 2. The summed E-state index contributed by atoms with van der Waals surface area (Å²) in [6.07, 6.45) is -3.58. The Morgan fingerprint density at radius 1 is 1.25 bits per heavy atom. The van der Waals surface area contributed by atoms with Crippen LogP contribution in [-0.2, 0) is 17.4 Å². The predicted octanol–water partition coefficient (Wildman–Crippen LogP) is 2.16. The first kappa shape index (κ1) is 18.7. The zero-order valence-electron chi connectivity index (χ0n) is 13.7. The van der Waals surface area contributed by atoms with Gasteiger partial charge in [0.05, 0.1) is 18.6 Å². The first-order valence-electron chi connectivity index (χ1n) is 8.14. The molecule has 1 aliphatic rings. The van der Waals surface area contributed by atoms with Crippen LogP contribution in [0.5, 0.6) is 0 Å². The summed E-state index contributed by atoms with van der Waals surface area (Å²) in [4.78, 5) is 16.1. The normalized spacial score (nSPS) is 17.8. The standard InChI is InChI=1S/C17H23F3N2O2/c1-2-15(12-23)21-6-8-22(9-7-21)16(24)11-13-4-3-5-14(10-13)17(18,19)20/h3-5,10,15,23H,2,6-9,11-12H2,1H3.